The molecule has 18 heavy (non-hydrogen) atoms. The van der Waals surface area contributed by atoms with Gasteiger partial charge >= 0.3 is 0 Å². The van der Waals surface area contributed by atoms with Gasteiger partial charge in [-0.3, -0.25) is 4.99 Å². The molecule has 2 heterocycles. The van der Waals surface area contributed by atoms with Crippen molar-refractivity contribution < 1.29 is 0 Å². The van der Waals surface area contributed by atoms with Gasteiger partial charge in [0.2, 0.25) is 0 Å². The molecule has 0 bridgehead atoms. The summed E-state index contributed by atoms with van der Waals surface area (Å²) in [5.74, 6) is 1.20. The Morgan fingerprint density at radius 2 is 2.11 bits per heavy atom. The Balaban J connectivity index is 1.87. The van der Waals surface area contributed by atoms with Crippen molar-refractivity contribution in [3.8, 4) is 0 Å². The summed E-state index contributed by atoms with van der Waals surface area (Å²) >= 11 is 1.74. The van der Waals surface area contributed by atoms with Crippen molar-refractivity contribution in [3.63, 3.8) is 0 Å². The maximum Gasteiger partial charge on any atom is 0.191 e. The molecule has 0 spiro atoms. The van der Waals surface area contributed by atoms with Crippen molar-refractivity contribution in [3.05, 3.63) is 22.4 Å². The molecule has 1 fully saturated rings. The van der Waals surface area contributed by atoms with Crippen LogP contribution in [0.25, 0.3) is 0 Å². The van der Waals surface area contributed by atoms with Gasteiger partial charge in [0, 0.05) is 25.6 Å². The molecule has 2 N–H and O–H groups in total. The SMILES string of the molecule is CC(CN=C(N)N1CCCCCC1)c1ccsc1. The third kappa shape index (κ3) is 3.73. The number of hydrogen-bond donors (Lipinski definition) is 1. The second kappa shape index (κ2) is 6.78. The molecule has 0 aliphatic carbocycles. The fourth-order valence-electron chi connectivity index (χ4n) is 2.29. The Morgan fingerprint density at radius 3 is 2.72 bits per heavy atom. The van der Waals surface area contributed by atoms with E-state index in [1.165, 1.54) is 31.2 Å². The van der Waals surface area contributed by atoms with Crippen LogP contribution in [0, 0.1) is 0 Å². The molecule has 0 amide bonds. The zero-order valence-corrected chi connectivity index (χ0v) is 12.0. The molecule has 1 aliphatic heterocycles. The number of guanidine groups is 1. The predicted molar refractivity (Wildman–Crippen MR) is 79.3 cm³/mol. The second-order valence-electron chi connectivity index (χ2n) is 5.06. The largest absolute Gasteiger partial charge is 0.370 e. The predicted octanol–water partition coefficient (Wildman–Crippen LogP) is 3.04. The first-order valence-electron chi connectivity index (χ1n) is 6.84. The van der Waals surface area contributed by atoms with Crippen molar-refractivity contribution in [2.45, 2.75) is 38.5 Å². The van der Waals surface area contributed by atoms with Crippen LogP contribution in [0.2, 0.25) is 0 Å². The molecule has 2 rings (SSSR count). The third-order valence-corrected chi connectivity index (χ3v) is 4.27. The van der Waals surface area contributed by atoms with E-state index < -0.39 is 0 Å². The van der Waals surface area contributed by atoms with Crippen LogP contribution < -0.4 is 5.73 Å². The normalized spacial score (nSPS) is 19.6. The van der Waals surface area contributed by atoms with Gasteiger partial charge in [0.15, 0.2) is 5.96 Å². The van der Waals surface area contributed by atoms with E-state index in [4.69, 9.17) is 5.73 Å². The quantitative estimate of drug-likeness (QED) is 0.674. The Morgan fingerprint density at radius 1 is 1.39 bits per heavy atom. The number of nitrogens with two attached hydrogens (primary N) is 1. The summed E-state index contributed by atoms with van der Waals surface area (Å²) in [6, 6.07) is 2.17. The highest BCUT2D eigenvalue weighted by Gasteiger charge is 2.11. The van der Waals surface area contributed by atoms with Crippen LogP contribution in [0.4, 0.5) is 0 Å². The molecule has 1 aliphatic rings. The molecule has 3 nitrogen and oxygen atoms in total. The van der Waals surface area contributed by atoms with Gasteiger partial charge in [-0.1, -0.05) is 19.8 Å². The molecule has 0 saturated carbocycles. The first kappa shape index (κ1) is 13.4. The van der Waals surface area contributed by atoms with Gasteiger partial charge in [-0.05, 0) is 35.2 Å². The molecule has 1 atom stereocenters. The molecule has 100 valence electrons. The topological polar surface area (TPSA) is 41.6 Å². The molecular formula is C14H23N3S. The van der Waals surface area contributed by atoms with Crippen molar-refractivity contribution in [2.24, 2.45) is 10.7 Å². The summed E-state index contributed by atoms with van der Waals surface area (Å²) in [6.45, 7) is 5.14. The van der Waals surface area contributed by atoms with Crippen LogP contribution in [-0.4, -0.2) is 30.5 Å². The van der Waals surface area contributed by atoms with Crippen molar-refractivity contribution in [1.29, 1.82) is 0 Å². The van der Waals surface area contributed by atoms with Gasteiger partial charge < -0.3 is 10.6 Å². The third-order valence-electron chi connectivity index (χ3n) is 3.57. The lowest BCUT2D eigenvalue weighted by Crippen LogP contribution is -2.38. The number of rotatable bonds is 3. The average Bonchev–Trinajstić information content (AvgIpc) is 2.78. The Hall–Kier alpha value is -1.03. The highest BCUT2D eigenvalue weighted by Crippen LogP contribution is 2.18. The molecule has 0 aromatic carbocycles. The molecule has 1 unspecified atom stereocenters. The summed E-state index contributed by atoms with van der Waals surface area (Å²) < 4.78 is 0. The lowest BCUT2D eigenvalue weighted by Gasteiger charge is -2.21. The number of aliphatic imine (C=N–C) groups is 1. The number of hydrogen-bond acceptors (Lipinski definition) is 2. The average molecular weight is 265 g/mol. The van der Waals surface area contributed by atoms with Crippen molar-refractivity contribution in [1.82, 2.24) is 4.90 Å². The van der Waals surface area contributed by atoms with E-state index in [1.807, 2.05) is 0 Å². The minimum Gasteiger partial charge on any atom is -0.370 e. The maximum atomic E-state index is 6.10. The second-order valence-corrected chi connectivity index (χ2v) is 5.84. The Bertz CT molecular complexity index is 364. The highest BCUT2D eigenvalue weighted by molar-refractivity contribution is 7.07. The van der Waals surface area contributed by atoms with E-state index in [-0.39, 0.29) is 0 Å². The molecule has 1 saturated heterocycles. The van der Waals surface area contributed by atoms with Gasteiger partial charge in [-0.15, -0.1) is 0 Å². The summed E-state index contributed by atoms with van der Waals surface area (Å²) in [6.07, 6.45) is 5.15. The first-order chi connectivity index (χ1) is 8.77. The fraction of sp³-hybridized carbons (Fsp3) is 0.643. The number of nitrogens with zero attached hydrogens (tertiary/aromatic N) is 2. The standard InChI is InChI=1S/C14H23N3S/c1-12(13-6-9-18-11-13)10-16-14(15)17-7-4-2-3-5-8-17/h6,9,11-12H,2-5,7-8,10H2,1H3,(H2,15,16). The van der Waals surface area contributed by atoms with Crippen molar-refractivity contribution in [2.75, 3.05) is 19.6 Å². The molecular weight excluding hydrogens is 242 g/mol. The zero-order valence-electron chi connectivity index (χ0n) is 11.1. The van der Waals surface area contributed by atoms with Crippen LogP contribution in [0.15, 0.2) is 21.8 Å². The van der Waals surface area contributed by atoms with E-state index in [0.29, 0.717) is 5.92 Å². The van der Waals surface area contributed by atoms with Crippen molar-refractivity contribution >= 4 is 17.3 Å². The van der Waals surface area contributed by atoms with Gasteiger partial charge in [0.05, 0.1) is 0 Å². The Labute approximate surface area is 114 Å². The van der Waals surface area contributed by atoms with E-state index in [2.05, 4.69) is 33.6 Å². The first-order valence-corrected chi connectivity index (χ1v) is 7.78. The minimum atomic E-state index is 0.460. The summed E-state index contributed by atoms with van der Waals surface area (Å²) in [7, 11) is 0. The zero-order chi connectivity index (χ0) is 12.8. The van der Waals surface area contributed by atoms with Gasteiger partial charge in [0.25, 0.3) is 0 Å². The van der Waals surface area contributed by atoms with E-state index in [9.17, 15) is 0 Å². The molecule has 1 aromatic rings. The summed E-state index contributed by atoms with van der Waals surface area (Å²) in [5.41, 5.74) is 7.47. The number of thiophene rings is 1. The maximum absolute atomic E-state index is 6.10. The van der Waals surface area contributed by atoms with Gasteiger partial charge in [-0.25, -0.2) is 0 Å². The lowest BCUT2D eigenvalue weighted by molar-refractivity contribution is 0.428. The summed E-state index contributed by atoms with van der Waals surface area (Å²) in [4.78, 5) is 6.81. The smallest absolute Gasteiger partial charge is 0.191 e. The highest BCUT2D eigenvalue weighted by atomic mass is 32.1. The van der Waals surface area contributed by atoms with Crippen LogP contribution in [0.5, 0.6) is 0 Å². The van der Waals surface area contributed by atoms with E-state index in [1.54, 1.807) is 11.3 Å². The van der Waals surface area contributed by atoms with E-state index >= 15 is 0 Å². The van der Waals surface area contributed by atoms with Crippen LogP contribution in [0.3, 0.4) is 0 Å². The molecule has 0 radical (unpaired) electrons. The Kier molecular flexibility index (Phi) is 5.05. The molecule has 4 heteroatoms. The molecule has 1 aromatic heterocycles. The van der Waals surface area contributed by atoms with Crippen LogP contribution >= 0.6 is 11.3 Å². The van der Waals surface area contributed by atoms with Crippen LogP contribution in [0.1, 0.15) is 44.1 Å². The fourth-order valence-corrected chi connectivity index (χ4v) is 3.07. The lowest BCUT2D eigenvalue weighted by atomic mass is 10.1. The van der Waals surface area contributed by atoms with Gasteiger partial charge in [-0.2, -0.15) is 11.3 Å². The monoisotopic (exact) mass is 265 g/mol. The van der Waals surface area contributed by atoms with Crippen LogP contribution in [-0.2, 0) is 0 Å². The summed E-state index contributed by atoms with van der Waals surface area (Å²) in [5, 5.41) is 4.32. The number of likely N-dealkylation sites (tertiary alicyclic amines) is 1. The van der Waals surface area contributed by atoms with Gasteiger partial charge in [0.1, 0.15) is 0 Å². The minimum absolute atomic E-state index is 0.460. The van der Waals surface area contributed by atoms with E-state index in [0.717, 1.165) is 25.6 Å².